The second-order valence-corrected chi connectivity index (χ2v) is 3.60. The van der Waals surface area contributed by atoms with Gasteiger partial charge in [-0.3, -0.25) is 0 Å². The van der Waals surface area contributed by atoms with Crippen LogP contribution in [0.4, 0.5) is 0 Å². The van der Waals surface area contributed by atoms with Crippen LogP contribution in [0.1, 0.15) is 24.1 Å². The predicted octanol–water partition coefficient (Wildman–Crippen LogP) is 2.60. The molecule has 0 saturated heterocycles. The molecule has 1 unspecified atom stereocenters. The van der Waals surface area contributed by atoms with E-state index in [0.29, 0.717) is 0 Å². The third-order valence-electron chi connectivity index (χ3n) is 1.64. The molecule has 1 heterocycles. The Bertz CT molecular complexity index is 161. The molecule has 1 heteroatoms. The SMILES string of the molecule is c1c[pH]c(C2CC2)c1. The van der Waals surface area contributed by atoms with Crippen LogP contribution in [0.15, 0.2) is 17.9 Å². The predicted molar refractivity (Wildman–Crippen MR) is 37.9 cm³/mol. The number of hydrogen-bond donors (Lipinski definition) is 0. The topological polar surface area (TPSA) is 0 Å². The lowest BCUT2D eigenvalue weighted by Crippen LogP contribution is -1.61. The van der Waals surface area contributed by atoms with Crippen molar-refractivity contribution in [3.63, 3.8) is 0 Å². The van der Waals surface area contributed by atoms with Gasteiger partial charge in [-0.1, -0.05) is 12.1 Å². The molecule has 1 aromatic rings. The highest BCUT2D eigenvalue weighted by molar-refractivity contribution is 7.30. The first-order valence-electron chi connectivity index (χ1n) is 3.10. The van der Waals surface area contributed by atoms with Gasteiger partial charge in [0.25, 0.3) is 0 Å². The van der Waals surface area contributed by atoms with Gasteiger partial charge in [-0.2, -0.15) is 0 Å². The molecule has 1 aliphatic carbocycles. The molecule has 0 amide bonds. The number of hydrogen-bond acceptors (Lipinski definition) is 0. The van der Waals surface area contributed by atoms with Gasteiger partial charge in [0.15, 0.2) is 0 Å². The zero-order valence-electron chi connectivity index (χ0n) is 4.72. The fourth-order valence-electron chi connectivity index (χ4n) is 0.993. The molecule has 1 atom stereocenters. The first kappa shape index (κ1) is 4.64. The molecule has 0 aliphatic heterocycles. The molecule has 0 aromatic carbocycles. The monoisotopic (exact) mass is 124 g/mol. The van der Waals surface area contributed by atoms with Gasteiger partial charge < -0.3 is 0 Å². The molecule has 0 nitrogen and oxygen atoms in total. The Kier molecular flexibility index (Phi) is 0.947. The molecule has 1 saturated carbocycles. The Balaban J connectivity index is 2.28. The molecule has 1 aromatic heterocycles. The molecule has 0 N–H and O–H groups in total. The van der Waals surface area contributed by atoms with Crippen LogP contribution in [0.3, 0.4) is 0 Å². The molecule has 0 spiro atoms. The summed E-state index contributed by atoms with van der Waals surface area (Å²) in [5, 5.41) is 1.70. The van der Waals surface area contributed by atoms with E-state index in [1.165, 1.54) is 12.8 Å². The zero-order chi connectivity index (χ0) is 5.40. The van der Waals surface area contributed by atoms with E-state index in [1.54, 1.807) is 5.30 Å². The standard InChI is InChI=1S/C7H9P/c1-2-7(8-5-1)6-3-4-6/h1-2,5-6,8H,3-4H2. The van der Waals surface area contributed by atoms with Crippen LogP contribution in [0, 0.1) is 0 Å². The Morgan fingerprint density at radius 3 is 2.88 bits per heavy atom. The van der Waals surface area contributed by atoms with Crippen molar-refractivity contribution < 1.29 is 0 Å². The van der Waals surface area contributed by atoms with Gasteiger partial charge in [0, 0.05) is 0 Å². The molecule has 0 radical (unpaired) electrons. The van der Waals surface area contributed by atoms with E-state index >= 15 is 0 Å². The average molecular weight is 124 g/mol. The van der Waals surface area contributed by atoms with Crippen LogP contribution in [-0.4, -0.2) is 0 Å². The van der Waals surface area contributed by atoms with E-state index in [0.717, 1.165) is 14.1 Å². The summed E-state index contributed by atoms with van der Waals surface area (Å²) in [6.45, 7) is 0. The lowest BCUT2D eigenvalue weighted by atomic mass is 10.3. The quantitative estimate of drug-likeness (QED) is 0.539. The summed E-state index contributed by atoms with van der Waals surface area (Å²) in [5.74, 6) is 3.27. The van der Waals surface area contributed by atoms with Crippen molar-refractivity contribution in [3.05, 3.63) is 23.2 Å². The van der Waals surface area contributed by atoms with E-state index in [2.05, 4.69) is 17.9 Å². The summed E-state index contributed by atoms with van der Waals surface area (Å²) in [6, 6.07) is 4.47. The lowest BCUT2D eigenvalue weighted by molar-refractivity contribution is 1.18. The molecule has 8 heavy (non-hydrogen) atoms. The third-order valence-corrected chi connectivity index (χ3v) is 2.91. The molecule has 2 rings (SSSR count). The molecular weight excluding hydrogens is 115 g/mol. The van der Waals surface area contributed by atoms with Gasteiger partial charge >= 0.3 is 0 Å². The normalized spacial score (nSPS) is 20.0. The first-order chi connectivity index (χ1) is 3.97. The van der Waals surface area contributed by atoms with E-state index in [9.17, 15) is 0 Å². The lowest BCUT2D eigenvalue weighted by Gasteiger charge is -1.83. The molecule has 1 aliphatic rings. The van der Waals surface area contributed by atoms with Crippen molar-refractivity contribution in [1.29, 1.82) is 0 Å². The minimum absolute atomic E-state index is 1.00. The Hall–Kier alpha value is -0.220. The minimum atomic E-state index is 1.00. The smallest absolute Gasteiger partial charge is 0.0126 e. The fourth-order valence-corrected chi connectivity index (χ4v) is 2.09. The maximum absolute atomic E-state index is 2.29. The van der Waals surface area contributed by atoms with E-state index < -0.39 is 0 Å². The van der Waals surface area contributed by atoms with Crippen LogP contribution >= 0.6 is 8.19 Å². The highest BCUT2D eigenvalue weighted by Crippen LogP contribution is 2.43. The Morgan fingerprint density at radius 2 is 2.38 bits per heavy atom. The highest BCUT2D eigenvalue weighted by atomic mass is 31.0. The Labute approximate surface area is 51.0 Å². The van der Waals surface area contributed by atoms with Crippen LogP contribution in [0.5, 0.6) is 0 Å². The van der Waals surface area contributed by atoms with Crippen molar-refractivity contribution in [1.82, 2.24) is 0 Å². The van der Waals surface area contributed by atoms with E-state index in [1.807, 2.05) is 0 Å². The summed E-state index contributed by atoms with van der Waals surface area (Å²) in [5.41, 5.74) is 0. The van der Waals surface area contributed by atoms with Gasteiger partial charge in [0.05, 0.1) is 0 Å². The zero-order valence-corrected chi connectivity index (χ0v) is 5.72. The maximum Gasteiger partial charge on any atom is -0.0126 e. The van der Waals surface area contributed by atoms with Crippen LogP contribution in [-0.2, 0) is 0 Å². The largest absolute Gasteiger partial charge is 0.136 e. The van der Waals surface area contributed by atoms with Gasteiger partial charge in [-0.25, -0.2) is 0 Å². The maximum atomic E-state index is 2.29. The van der Waals surface area contributed by atoms with Gasteiger partial charge in [-0.15, -0.1) is 8.19 Å². The van der Waals surface area contributed by atoms with Crippen LogP contribution in [0.2, 0.25) is 0 Å². The van der Waals surface area contributed by atoms with Crippen LogP contribution < -0.4 is 0 Å². The summed E-state index contributed by atoms with van der Waals surface area (Å²) in [4.78, 5) is 0. The molecule has 42 valence electrons. The Morgan fingerprint density at radius 1 is 1.50 bits per heavy atom. The van der Waals surface area contributed by atoms with E-state index in [-0.39, 0.29) is 0 Å². The summed E-state index contributed by atoms with van der Waals surface area (Å²) < 4.78 is 0. The van der Waals surface area contributed by atoms with Crippen molar-refractivity contribution in [3.8, 4) is 0 Å². The van der Waals surface area contributed by atoms with Crippen molar-refractivity contribution in [2.75, 3.05) is 0 Å². The summed E-state index contributed by atoms with van der Waals surface area (Å²) in [7, 11) is 1.02. The first-order valence-corrected chi connectivity index (χ1v) is 4.18. The van der Waals surface area contributed by atoms with Crippen molar-refractivity contribution >= 4 is 8.19 Å². The second kappa shape index (κ2) is 1.63. The second-order valence-electron chi connectivity index (χ2n) is 2.40. The van der Waals surface area contributed by atoms with Crippen molar-refractivity contribution in [2.45, 2.75) is 18.8 Å². The van der Waals surface area contributed by atoms with E-state index in [4.69, 9.17) is 0 Å². The van der Waals surface area contributed by atoms with Gasteiger partial charge in [0.2, 0.25) is 0 Å². The summed E-state index contributed by atoms with van der Waals surface area (Å²) in [6.07, 6.45) is 2.92. The molecule has 0 bridgehead atoms. The van der Waals surface area contributed by atoms with Gasteiger partial charge in [0.1, 0.15) is 0 Å². The summed E-state index contributed by atoms with van der Waals surface area (Å²) >= 11 is 0. The average Bonchev–Trinajstić information content (AvgIpc) is 2.49. The molecular formula is C7H9P. The fraction of sp³-hybridized carbons (Fsp3) is 0.429. The number of rotatable bonds is 1. The minimum Gasteiger partial charge on any atom is -0.136 e. The van der Waals surface area contributed by atoms with Crippen molar-refractivity contribution in [2.24, 2.45) is 0 Å². The third kappa shape index (κ3) is 0.695. The highest BCUT2D eigenvalue weighted by Gasteiger charge is 2.22. The molecule has 1 fully saturated rings. The van der Waals surface area contributed by atoms with Gasteiger partial charge in [-0.05, 0) is 29.9 Å². The van der Waals surface area contributed by atoms with Crippen LogP contribution in [0.25, 0.3) is 0 Å².